The van der Waals surface area contributed by atoms with Crippen molar-refractivity contribution in [2.24, 2.45) is 0 Å². The minimum absolute atomic E-state index is 0.0721. The number of anilines is 2. The van der Waals surface area contributed by atoms with Crippen molar-refractivity contribution in [1.82, 2.24) is 25.6 Å². The Hall–Kier alpha value is -5.37. The van der Waals surface area contributed by atoms with Gasteiger partial charge in [0.05, 0.1) is 34.9 Å². The number of H-pyrrole nitrogens is 2. The number of benzene rings is 3. The van der Waals surface area contributed by atoms with Crippen LogP contribution in [0.3, 0.4) is 0 Å². The van der Waals surface area contributed by atoms with E-state index in [1.165, 1.54) is 12.1 Å². The van der Waals surface area contributed by atoms with Gasteiger partial charge in [0.25, 0.3) is 5.91 Å². The van der Waals surface area contributed by atoms with Gasteiger partial charge in [0.2, 0.25) is 5.91 Å². The van der Waals surface area contributed by atoms with E-state index in [1.807, 2.05) is 12.1 Å². The number of nitrogens with zero attached hydrogens (tertiary/aromatic N) is 4. The zero-order chi connectivity index (χ0) is 25.1. The minimum atomic E-state index is -0.437. The normalized spacial score (nSPS) is 10.7. The van der Waals surface area contributed by atoms with Gasteiger partial charge in [0, 0.05) is 10.9 Å². The van der Waals surface area contributed by atoms with Gasteiger partial charge in [-0.3, -0.25) is 9.59 Å². The van der Waals surface area contributed by atoms with Crippen molar-refractivity contribution in [3.8, 4) is 17.5 Å². The first kappa shape index (κ1) is 22.4. The zero-order valence-corrected chi connectivity index (χ0v) is 18.5. The van der Waals surface area contributed by atoms with E-state index < -0.39 is 5.91 Å². The highest BCUT2D eigenvalue weighted by molar-refractivity contribution is 6.09. The van der Waals surface area contributed by atoms with Crippen molar-refractivity contribution in [3.05, 3.63) is 89.4 Å². The molecule has 0 fully saturated rings. The van der Waals surface area contributed by atoms with Crippen LogP contribution in [0.1, 0.15) is 21.6 Å². The first-order chi connectivity index (χ1) is 17.5. The highest BCUT2D eigenvalue weighted by Crippen LogP contribution is 2.28. The van der Waals surface area contributed by atoms with Crippen LogP contribution in [0.25, 0.3) is 22.3 Å². The number of hydrogen-bond acceptors (Lipinski definition) is 6. The Labute approximate surface area is 203 Å². The van der Waals surface area contributed by atoms with E-state index in [-0.39, 0.29) is 23.8 Å². The van der Waals surface area contributed by atoms with Crippen molar-refractivity contribution in [3.63, 3.8) is 0 Å². The molecule has 0 aliphatic rings. The largest absolute Gasteiger partial charge is 0.349 e. The maximum absolute atomic E-state index is 13.1. The van der Waals surface area contributed by atoms with Gasteiger partial charge in [-0.05, 0) is 58.5 Å². The van der Waals surface area contributed by atoms with Crippen molar-refractivity contribution in [2.75, 3.05) is 10.6 Å². The predicted octanol–water partition coefficient (Wildman–Crippen LogP) is 3.79. The van der Waals surface area contributed by atoms with Crippen LogP contribution >= 0.6 is 0 Å². The van der Waals surface area contributed by atoms with E-state index in [2.05, 4.69) is 36.2 Å². The molecule has 2 amide bonds. The molecule has 0 spiro atoms. The quantitative estimate of drug-likeness (QED) is 0.290. The molecule has 0 radical (unpaired) electrons. The summed E-state index contributed by atoms with van der Waals surface area (Å²) >= 11 is 0. The van der Waals surface area contributed by atoms with Gasteiger partial charge in [-0.2, -0.15) is 5.26 Å². The van der Waals surface area contributed by atoms with Gasteiger partial charge < -0.3 is 15.6 Å². The molecule has 0 aliphatic carbocycles. The molecule has 10 nitrogen and oxygen atoms in total. The maximum Gasteiger partial charge on any atom is 0.272 e. The Balaban J connectivity index is 1.38. The molecule has 0 aliphatic heterocycles. The second kappa shape index (κ2) is 9.47. The topological polar surface area (TPSA) is 152 Å². The average molecular weight is 480 g/mol. The third kappa shape index (κ3) is 4.64. The minimum Gasteiger partial charge on any atom is -0.349 e. The van der Waals surface area contributed by atoms with Crippen LogP contribution in [0.4, 0.5) is 15.8 Å². The standard InChI is InChI=1S/C25H17FN8O2/c26-17-7-4-14(5-8-17)11-22(35)28-20-3-1-2-16-12-21(29-23(16)20)25(36)30-19-9-6-15(13-27)10-18(19)24-31-33-34-32-24/h1-10,12,29H,11H2,(H,28,35)(H,30,36)(H,31,32,33,34). The van der Waals surface area contributed by atoms with Gasteiger partial charge in [-0.25, -0.2) is 9.49 Å². The number of rotatable bonds is 6. The number of aromatic amines is 2. The van der Waals surface area contributed by atoms with Crippen molar-refractivity contribution in [2.45, 2.75) is 6.42 Å². The summed E-state index contributed by atoms with van der Waals surface area (Å²) in [6.07, 6.45) is 0.0721. The number of tetrazole rings is 1. The monoisotopic (exact) mass is 480 g/mol. The predicted molar refractivity (Wildman–Crippen MR) is 129 cm³/mol. The highest BCUT2D eigenvalue weighted by Gasteiger charge is 2.17. The summed E-state index contributed by atoms with van der Waals surface area (Å²) in [5.74, 6) is -0.789. The summed E-state index contributed by atoms with van der Waals surface area (Å²) in [6, 6.07) is 19.5. The van der Waals surface area contributed by atoms with E-state index in [1.54, 1.807) is 48.5 Å². The van der Waals surface area contributed by atoms with Crippen molar-refractivity contribution in [1.29, 1.82) is 5.26 Å². The summed E-state index contributed by atoms with van der Waals surface area (Å²) in [5, 5.41) is 29.2. The number of nitriles is 1. The maximum atomic E-state index is 13.1. The smallest absolute Gasteiger partial charge is 0.272 e. The van der Waals surface area contributed by atoms with E-state index >= 15 is 0 Å². The zero-order valence-electron chi connectivity index (χ0n) is 18.5. The molecule has 176 valence electrons. The molecule has 3 aromatic carbocycles. The molecule has 0 bridgehead atoms. The fourth-order valence-electron chi connectivity index (χ4n) is 3.75. The summed E-state index contributed by atoms with van der Waals surface area (Å²) in [7, 11) is 0. The molecule has 5 rings (SSSR count). The van der Waals surface area contributed by atoms with Gasteiger partial charge in [0.1, 0.15) is 11.5 Å². The molecule has 0 saturated carbocycles. The fraction of sp³-hybridized carbons (Fsp3) is 0.0400. The lowest BCUT2D eigenvalue weighted by molar-refractivity contribution is -0.115. The number of nitrogens with one attached hydrogen (secondary N) is 4. The summed E-state index contributed by atoms with van der Waals surface area (Å²) in [4.78, 5) is 28.7. The van der Waals surface area contributed by atoms with Crippen LogP contribution in [0.15, 0.2) is 66.7 Å². The van der Waals surface area contributed by atoms with Crippen LogP contribution < -0.4 is 10.6 Å². The molecule has 0 saturated heterocycles. The molecule has 2 heterocycles. The van der Waals surface area contributed by atoms with Gasteiger partial charge in [-0.15, -0.1) is 5.10 Å². The lowest BCUT2D eigenvalue weighted by atomic mass is 10.1. The molecule has 5 aromatic rings. The van der Waals surface area contributed by atoms with Crippen molar-refractivity contribution < 1.29 is 14.0 Å². The molecule has 2 aromatic heterocycles. The van der Waals surface area contributed by atoms with Crippen LogP contribution in [-0.4, -0.2) is 37.4 Å². The van der Waals surface area contributed by atoms with E-state index in [4.69, 9.17) is 0 Å². The Morgan fingerprint density at radius 1 is 1.00 bits per heavy atom. The second-order valence-electron chi connectivity index (χ2n) is 7.88. The summed E-state index contributed by atoms with van der Waals surface area (Å²) in [6.45, 7) is 0. The summed E-state index contributed by atoms with van der Waals surface area (Å²) < 4.78 is 13.1. The number of amides is 2. The van der Waals surface area contributed by atoms with Gasteiger partial charge >= 0.3 is 0 Å². The van der Waals surface area contributed by atoms with Crippen LogP contribution in [0.2, 0.25) is 0 Å². The molecule has 0 atom stereocenters. The second-order valence-corrected chi connectivity index (χ2v) is 7.88. The number of fused-ring (bicyclic) bond motifs is 1. The lowest BCUT2D eigenvalue weighted by Gasteiger charge is -2.09. The SMILES string of the molecule is N#Cc1ccc(NC(=O)c2cc3cccc(NC(=O)Cc4ccc(F)cc4)c3[nH]2)c(-c2nnn[nH]2)c1. The van der Waals surface area contributed by atoms with E-state index in [0.29, 0.717) is 39.4 Å². The molecular formula is C25H17FN8O2. The number of halogens is 1. The average Bonchev–Trinajstić information content (AvgIpc) is 3.57. The molecular weight excluding hydrogens is 463 g/mol. The number of hydrogen-bond donors (Lipinski definition) is 4. The third-order valence-electron chi connectivity index (χ3n) is 5.45. The number of para-hydroxylation sites is 1. The van der Waals surface area contributed by atoms with Gasteiger partial charge in [0.15, 0.2) is 5.82 Å². The first-order valence-electron chi connectivity index (χ1n) is 10.8. The highest BCUT2D eigenvalue weighted by atomic mass is 19.1. The van der Waals surface area contributed by atoms with Gasteiger partial charge in [-0.1, -0.05) is 24.3 Å². The molecule has 36 heavy (non-hydrogen) atoms. The lowest BCUT2D eigenvalue weighted by Crippen LogP contribution is -2.15. The van der Waals surface area contributed by atoms with E-state index in [9.17, 15) is 19.2 Å². The number of carbonyl (C=O) groups is 2. The van der Waals surface area contributed by atoms with Crippen LogP contribution in [-0.2, 0) is 11.2 Å². The number of carbonyl (C=O) groups excluding carboxylic acids is 2. The molecule has 11 heteroatoms. The Bertz CT molecular complexity index is 1620. The first-order valence-corrected chi connectivity index (χ1v) is 10.8. The van der Waals surface area contributed by atoms with Crippen LogP contribution in [0.5, 0.6) is 0 Å². The van der Waals surface area contributed by atoms with Crippen molar-refractivity contribution >= 4 is 34.1 Å². The molecule has 0 unspecified atom stereocenters. The Morgan fingerprint density at radius 2 is 1.83 bits per heavy atom. The fourth-order valence-corrected chi connectivity index (χ4v) is 3.75. The molecule has 4 N–H and O–H groups in total. The van der Waals surface area contributed by atoms with E-state index in [0.717, 1.165) is 5.39 Å². The Morgan fingerprint density at radius 3 is 2.58 bits per heavy atom. The third-order valence-corrected chi connectivity index (χ3v) is 5.45. The Kier molecular flexibility index (Phi) is 5.90. The van der Waals surface area contributed by atoms with Crippen LogP contribution in [0, 0.1) is 17.1 Å². The summed E-state index contributed by atoms with van der Waals surface area (Å²) in [5.41, 5.74) is 3.26. The number of aromatic nitrogens is 5.